The van der Waals surface area contributed by atoms with Gasteiger partial charge in [0.2, 0.25) is 0 Å². The molecular formula is C19H36O4S2. The van der Waals surface area contributed by atoms with E-state index < -0.39 is 5.97 Å². The predicted octanol–water partition coefficient (Wildman–Crippen LogP) is 4.18. The van der Waals surface area contributed by atoms with Gasteiger partial charge in [0.05, 0.1) is 18.0 Å². The van der Waals surface area contributed by atoms with Gasteiger partial charge in [0.25, 0.3) is 0 Å². The number of hydrogen-bond donors (Lipinski definition) is 3. The number of aliphatic hydroxyl groups excluding tert-OH is 2. The van der Waals surface area contributed by atoms with Gasteiger partial charge in [-0.25, -0.2) is 0 Å². The van der Waals surface area contributed by atoms with Crippen molar-refractivity contribution in [2.45, 2.75) is 88.6 Å². The maximum atomic E-state index is 10.5. The van der Waals surface area contributed by atoms with Gasteiger partial charge >= 0.3 is 5.97 Å². The molecule has 1 fully saturated rings. The smallest absolute Gasteiger partial charge is 0.313 e. The highest BCUT2D eigenvalue weighted by atomic mass is 32.2. The first kappa shape index (κ1) is 23.1. The van der Waals surface area contributed by atoms with Crippen LogP contribution in [0.4, 0.5) is 0 Å². The van der Waals surface area contributed by atoms with Crippen LogP contribution >= 0.6 is 23.5 Å². The molecule has 0 spiro atoms. The number of carboxylic acids is 1. The van der Waals surface area contributed by atoms with Crippen LogP contribution < -0.4 is 0 Å². The van der Waals surface area contributed by atoms with Crippen molar-refractivity contribution >= 4 is 29.5 Å². The normalized spacial score (nSPS) is 24.5. The molecule has 1 rings (SSSR count). The van der Waals surface area contributed by atoms with Gasteiger partial charge in [0, 0.05) is 11.0 Å². The molecule has 0 bridgehead atoms. The van der Waals surface area contributed by atoms with Gasteiger partial charge in [-0.1, -0.05) is 39.0 Å². The molecule has 1 saturated carbocycles. The van der Waals surface area contributed by atoms with E-state index in [1.807, 2.05) is 11.8 Å². The standard InChI is InChI=1S/C19H36O4S2/c1-2-3-4-5-8-15(20)13-25-18-11-10-17(21)16(18)9-6-7-12-24-14-19(22)23/h15-18,20-21H,2-14H2,1H3,(H,22,23). The van der Waals surface area contributed by atoms with E-state index in [2.05, 4.69) is 6.92 Å². The van der Waals surface area contributed by atoms with E-state index in [4.69, 9.17) is 5.11 Å². The Morgan fingerprint density at radius 1 is 1.16 bits per heavy atom. The molecule has 4 unspecified atom stereocenters. The third kappa shape index (κ3) is 10.7. The van der Waals surface area contributed by atoms with Gasteiger partial charge in [-0.15, -0.1) is 0 Å². The van der Waals surface area contributed by atoms with Crippen molar-refractivity contribution in [1.29, 1.82) is 0 Å². The molecule has 6 heteroatoms. The molecule has 4 nitrogen and oxygen atoms in total. The second-order valence-corrected chi connectivity index (χ2v) is 9.50. The number of aliphatic carboxylic acids is 1. The summed E-state index contributed by atoms with van der Waals surface area (Å²) in [5, 5.41) is 29.5. The van der Waals surface area contributed by atoms with Crippen molar-refractivity contribution in [2.75, 3.05) is 17.3 Å². The molecule has 0 saturated heterocycles. The fourth-order valence-electron chi connectivity index (χ4n) is 3.46. The fourth-order valence-corrected chi connectivity index (χ4v) is 5.70. The summed E-state index contributed by atoms with van der Waals surface area (Å²) in [5.41, 5.74) is 0. The third-order valence-electron chi connectivity index (χ3n) is 4.91. The molecule has 3 N–H and O–H groups in total. The minimum absolute atomic E-state index is 0.181. The molecule has 0 heterocycles. The number of hydrogen-bond acceptors (Lipinski definition) is 5. The molecule has 1 aliphatic rings. The number of aliphatic hydroxyl groups is 2. The van der Waals surface area contributed by atoms with Crippen molar-refractivity contribution in [1.82, 2.24) is 0 Å². The van der Waals surface area contributed by atoms with E-state index in [0.717, 1.165) is 56.5 Å². The van der Waals surface area contributed by atoms with Crippen LogP contribution in [0.5, 0.6) is 0 Å². The van der Waals surface area contributed by atoms with Crippen LogP contribution in [-0.2, 0) is 4.79 Å². The maximum absolute atomic E-state index is 10.5. The molecule has 1 aliphatic carbocycles. The summed E-state index contributed by atoms with van der Waals surface area (Å²) in [5.74, 6) is 1.43. The average molecular weight is 393 g/mol. The Bertz CT molecular complexity index is 354. The first-order chi connectivity index (χ1) is 12.0. The van der Waals surface area contributed by atoms with Crippen LogP contribution in [0.2, 0.25) is 0 Å². The predicted molar refractivity (Wildman–Crippen MR) is 109 cm³/mol. The molecule has 4 atom stereocenters. The second-order valence-electron chi connectivity index (χ2n) is 7.13. The first-order valence-electron chi connectivity index (χ1n) is 9.81. The fraction of sp³-hybridized carbons (Fsp3) is 0.947. The van der Waals surface area contributed by atoms with Gasteiger partial charge in [-0.05, 0) is 43.8 Å². The Hall–Kier alpha value is 0.0900. The quantitative estimate of drug-likeness (QED) is 0.363. The van der Waals surface area contributed by atoms with Crippen LogP contribution in [-0.4, -0.2) is 56.0 Å². The van der Waals surface area contributed by atoms with Gasteiger partial charge in [-0.3, -0.25) is 4.79 Å². The third-order valence-corrected chi connectivity index (χ3v) is 7.53. The zero-order valence-electron chi connectivity index (χ0n) is 15.6. The lowest BCUT2D eigenvalue weighted by molar-refractivity contribution is -0.133. The Morgan fingerprint density at radius 3 is 2.68 bits per heavy atom. The van der Waals surface area contributed by atoms with Crippen LogP contribution in [0.1, 0.15) is 71.1 Å². The van der Waals surface area contributed by atoms with Crippen molar-refractivity contribution in [3.05, 3.63) is 0 Å². The largest absolute Gasteiger partial charge is 0.481 e. The molecule has 25 heavy (non-hydrogen) atoms. The lowest BCUT2D eigenvalue weighted by Gasteiger charge is -2.23. The minimum atomic E-state index is -0.749. The van der Waals surface area contributed by atoms with Crippen LogP contribution in [0.15, 0.2) is 0 Å². The number of rotatable bonds is 15. The van der Waals surface area contributed by atoms with E-state index in [9.17, 15) is 15.0 Å². The second kappa shape index (κ2) is 14.2. The van der Waals surface area contributed by atoms with E-state index in [-0.39, 0.29) is 18.0 Å². The van der Waals surface area contributed by atoms with Gasteiger partial charge in [-0.2, -0.15) is 23.5 Å². The highest BCUT2D eigenvalue weighted by Gasteiger charge is 2.34. The van der Waals surface area contributed by atoms with E-state index >= 15 is 0 Å². The monoisotopic (exact) mass is 392 g/mol. The van der Waals surface area contributed by atoms with Crippen molar-refractivity contribution in [3.8, 4) is 0 Å². The summed E-state index contributed by atoms with van der Waals surface area (Å²) < 4.78 is 0. The molecule has 0 aromatic heterocycles. The molecule has 0 aromatic carbocycles. The van der Waals surface area contributed by atoms with Crippen molar-refractivity contribution in [3.63, 3.8) is 0 Å². The van der Waals surface area contributed by atoms with Gasteiger partial charge in [0.1, 0.15) is 0 Å². The highest BCUT2D eigenvalue weighted by molar-refractivity contribution is 8.00. The highest BCUT2D eigenvalue weighted by Crippen LogP contribution is 2.38. The summed E-state index contributed by atoms with van der Waals surface area (Å²) >= 11 is 3.32. The Morgan fingerprint density at radius 2 is 1.96 bits per heavy atom. The summed E-state index contributed by atoms with van der Waals surface area (Å²) in [6, 6.07) is 0. The summed E-state index contributed by atoms with van der Waals surface area (Å²) in [6.45, 7) is 2.20. The zero-order valence-corrected chi connectivity index (χ0v) is 17.2. The van der Waals surface area contributed by atoms with Gasteiger partial charge in [0.15, 0.2) is 0 Å². The Balaban J connectivity index is 2.16. The molecule has 0 amide bonds. The first-order valence-corrected chi connectivity index (χ1v) is 12.0. The molecule has 0 radical (unpaired) electrons. The summed E-state index contributed by atoms with van der Waals surface area (Å²) in [4.78, 5) is 10.5. The molecule has 148 valence electrons. The lowest BCUT2D eigenvalue weighted by atomic mass is 9.98. The summed E-state index contributed by atoms with van der Waals surface area (Å²) in [7, 11) is 0. The average Bonchev–Trinajstić information content (AvgIpc) is 2.93. The van der Waals surface area contributed by atoms with E-state index in [1.165, 1.54) is 31.0 Å². The summed E-state index contributed by atoms with van der Waals surface area (Å²) in [6.07, 6.45) is 10.3. The van der Waals surface area contributed by atoms with Crippen LogP contribution in [0, 0.1) is 5.92 Å². The SMILES string of the molecule is CCCCCCC(O)CSC1CCC(O)C1CCCCSCC(=O)O. The Kier molecular flexibility index (Phi) is 13.1. The molecule has 0 aromatic rings. The van der Waals surface area contributed by atoms with Gasteiger partial charge < -0.3 is 15.3 Å². The lowest BCUT2D eigenvalue weighted by Crippen LogP contribution is -2.22. The Labute approximate surface area is 161 Å². The zero-order chi connectivity index (χ0) is 18.5. The van der Waals surface area contributed by atoms with Crippen LogP contribution in [0.25, 0.3) is 0 Å². The number of unbranched alkanes of at least 4 members (excludes halogenated alkanes) is 4. The number of carboxylic acid groups (broad SMARTS) is 1. The molecular weight excluding hydrogens is 356 g/mol. The van der Waals surface area contributed by atoms with E-state index in [1.54, 1.807) is 0 Å². The minimum Gasteiger partial charge on any atom is -0.481 e. The maximum Gasteiger partial charge on any atom is 0.313 e. The van der Waals surface area contributed by atoms with E-state index in [0.29, 0.717) is 11.2 Å². The van der Waals surface area contributed by atoms with Crippen molar-refractivity contribution < 1.29 is 20.1 Å². The number of thioether (sulfide) groups is 2. The topological polar surface area (TPSA) is 77.8 Å². The van der Waals surface area contributed by atoms with Crippen LogP contribution in [0.3, 0.4) is 0 Å². The molecule has 0 aliphatic heterocycles. The van der Waals surface area contributed by atoms with Crippen molar-refractivity contribution in [2.24, 2.45) is 5.92 Å². The number of carbonyl (C=O) groups is 1.